The molecule has 2 aliphatic rings. The van der Waals surface area contributed by atoms with Crippen LogP contribution in [-0.4, -0.2) is 68.1 Å². The van der Waals surface area contributed by atoms with Crippen molar-refractivity contribution in [1.82, 2.24) is 29.4 Å². The molecule has 8 nitrogen and oxygen atoms in total. The Morgan fingerprint density at radius 1 is 1.22 bits per heavy atom. The van der Waals surface area contributed by atoms with Gasteiger partial charge in [-0.3, -0.25) is 19.1 Å². The van der Waals surface area contributed by atoms with E-state index in [-0.39, 0.29) is 5.91 Å². The van der Waals surface area contributed by atoms with Gasteiger partial charge in [0.1, 0.15) is 6.54 Å². The third kappa shape index (κ3) is 3.91. The van der Waals surface area contributed by atoms with Crippen molar-refractivity contribution in [3.8, 4) is 0 Å². The molecule has 0 bridgehead atoms. The fraction of sp³-hybridized carbons (Fsp3) is 0.632. The second-order valence-electron chi connectivity index (χ2n) is 7.30. The predicted octanol–water partition coefficient (Wildman–Crippen LogP) is 0.825. The van der Waals surface area contributed by atoms with Crippen LogP contribution >= 0.6 is 0 Å². The van der Waals surface area contributed by atoms with Crippen LogP contribution in [0.25, 0.3) is 0 Å². The predicted molar refractivity (Wildman–Crippen MR) is 100 cm³/mol. The van der Waals surface area contributed by atoms with Crippen molar-refractivity contribution >= 4 is 5.91 Å². The second-order valence-corrected chi connectivity index (χ2v) is 7.30. The number of ether oxygens (including phenoxy) is 1. The number of carbonyl (C=O) groups is 1. The van der Waals surface area contributed by atoms with Crippen molar-refractivity contribution in [3.05, 3.63) is 34.9 Å². The summed E-state index contributed by atoms with van der Waals surface area (Å²) in [4.78, 5) is 16.8. The molecule has 0 aliphatic carbocycles. The molecular formula is C19H28N6O2. The van der Waals surface area contributed by atoms with Gasteiger partial charge in [-0.05, 0) is 19.9 Å². The van der Waals surface area contributed by atoms with E-state index in [0.717, 1.165) is 63.7 Å². The molecule has 4 heterocycles. The van der Waals surface area contributed by atoms with E-state index < -0.39 is 0 Å². The van der Waals surface area contributed by atoms with E-state index in [2.05, 4.69) is 21.6 Å². The summed E-state index contributed by atoms with van der Waals surface area (Å²) in [6, 6.07) is 1.92. The number of hydrogen-bond acceptors (Lipinski definition) is 5. The number of piperazine rings is 1. The normalized spacial score (nSPS) is 17.9. The van der Waals surface area contributed by atoms with Crippen LogP contribution in [0.2, 0.25) is 0 Å². The van der Waals surface area contributed by atoms with Gasteiger partial charge in [-0.1, -0.05) is 0 Å². The Morgan fingerprint density at radius 2 is 2.04 bits per heavy atom. The van der Waals surface area contributed by atoms with Crippen LogP contribution in [0.1, 0.15) is 29.6 Å². The van der Waals surface area contributed by atoms with Crippen LogP contribution in [0, 0.1) is 6.92 Å². The van der Waals surface area contributed by atoms with E-state index in [4.69, 9.17) is 9.84 Å². The minimum absolute atomic E-state index is 0.138. The van der Waals surface area contributed by atoms with Gasteiger partial charge in [0.05, 0.1) is 24.6 Å². The summed E-state index contributed by atoms with van der Waals surface area (Å²) >= 11 is 0. The molecule has 8 heteroatoms. The minimum Gasteiger partial charge on any atom is -0.376 e. The van der Waals surface area contributed by atoms with Gasteiger partial charge in [0.25, 0.3) is 0 Å². The molecule has 0 atom stereocenters. The molecule has 27 heavy (non-hydrogen) atoms. The maximum atomic E-state index is 12.5. The molecule has 2 aromatic heterocycles. The topological polar surface area (TPSA) is 68.4 Å². The van der Waals surface area contributed by atoms with Gasteiger partial charge < -0.3 is 9.64 Å². The second kappa shape index (κ2) is 7.82. The third-order valence-corrected chi connectivity index (χ3v) is 5.45. The molecular weight excluding hydrogens is 344 g/mol. The van der Waals surface area contributed by atoms with Gasteiger partial charge in [0.2, 0.25) is 5.91 Å². The molecule has 146 valence electrons. The lowest BCUT2D eigenvalue weighted by atomic mass is 10.1. The number of rotatable bonds is 5. The number of aromatic nitrogens is 4. The summed E-state index contributed by atoms with van der Waals surface area (Å²) in [6.07, 6.45) is 2.81. The molecule has 0 radical (unpaired) electrons. The Bertz CT molecular complexity index is 803. The van der Waals surface area contributed by atoms with Crippen molar-refractivity contribution in [2.45, 2.75) is 46.5 Å². The number of nitrogens with zero attached hydrogens (tertiary/aromatic N) is 6. The zero-order valence-corrected chi connectivity index (χ0v) is 16.2. The maximum Gasteiger partial charge on any atom is 0.244 e. The lowest BCUT2D eigenvalue weighted by Crippen LogP contribution is -2.49. The fourth-order valence-electron chi connectivity index (χ4n) is 3.92. The van der Waals surface area contributed by atoms with Gasteiger partial charge in [-0.25, -0.2) is 0 Å². The Labute approximate surface area is 159 Å². The molecule has 0 N–H and O–H groups in total. The molecule has 1 amide bonds. The van der Waals surface area contributed by atoms with E-state index in [0.29, 0.717) is 13.2 Å². The molecule has 2 aliphatic heterocycles. The van der Waals surface area contributed by atoms with Crippen LogP contribution < -0.4 is 0 Å². The molecule has 4 rings (SSSR count). The summed E-state index contributed by atoms with van der Waals surface area (Å²) in [5.41, 5.74) is 4.68. The van der Waals surface area contributed by atoms with E-state index >= 15 is 0 Å². The highest BCUT2D eigenvalue weighted by molar-refractivity contribution is 5.76. The standard InChI is InChI=1S/C19H28N6O2/c1-3-25-18-5-11-27-14-16(18)17(21-25)12-22-7-9-23(10-8-22)19(26)13-24-6-4-15(2)20-24/h4,6H,3,5,7-14H2,1-2H3. The fourth-order valence-corrected chi connectivity index (χ4v) is 3.92. The third-order valence-electron chi connectivity index (χ3n) is 5.45. The van der Waals surface area contributed by atoms with Crippen LogP contribution in [0.3, 0.4) is 0 Å². The zero-order valence-electron chi connectivity index (χ0n) is 16.2. The van der Waals surface area contributed by atoms with E-state index in [1.807, 2.05) is 24.1 Å². The summed E-state index contributed by atoms with van der Waals surface area (Å²) < 4.78 is 9.50. The van der Waals surface area contributed by atoms with Gasteiger partial charge in [0.15, 0.2) is 0 Å². The monoisotopic (exact) mass is 372 g/mol. The summed E-state index contributed by atoms with van der Waals surface area (Å²) in [5.74, 6) is 0.138. The van der Waals surface area contributed by atoms with Gasteiger partial charge in [0, 0.05) is 63.1 Å². The summed E-state index contributed by atoms with van der Waals surface area (Å²) in [7, 11) is 0. The van der Waals surface area contributed by atoms with Crippen molar-refractivity contribution in [3.63, 3.8) is 0 Å². The number of aryl methyl sites for hydroxylation is 2. The summed E-state index contributed by atoms with van der Waals surface area (Å²) in [5, 5.41) is 9.12. The first kappa shape index (κ1) is 18.2. The number of amides is 1. The SMILES string of the molecule is CCn1nc(CN2CCN(C(=O)Cn3ccc(C)n3)CC2)c2c1CCOC2. The van der Waals surface area contributed by atoms with E-state index in [1.165, 1.54) is 11.3 Å². The van der Waals surface area contributed by atoms with Crippen LogP contribution in [-0.2, 0) is 42.2 Å². The Kier molecular flexibility index (Phi) is 5.27. The average Bonchev–Trinajstić information content (AvgIpc) is 3.26. The van der Waals surface area contributed by atoms with Crippen LogP contribution in [0.4, 0.5) is 0 Å². The first-order valence-corrected chi connectivity index (χ1v) is 9.79. The van der Waals surface area contributed by atoms with Crippen molar-refractivity contribution < 1.29 is 9.53 Å². The van der Waals surface area contributed by atoms with E-state index in [1.54, 1.807) is 4.68 Å². The van der Waals surface area contributed by atoms with Gasteiger partial charge >= 0.3 is 0 Å². The van der Waals surface area contributed by atoms with Crippen LogP contribution in [0.5, 0.6) is 0 Å². The minimum atomic E-state index is 0.138. The Morgan fingerprint density at radius 3 is 2.74 bits per heavy atom. The molecule has 1 fully saturated rings. The molecule has 0 saturated carbocycles. The number of fused-ring (bicyclic) bond motifs is 1. The molecule has 0 spiro atoms. The Balaban J connectivity index is 1.33. The molecule has 0 aromatic carbocycles. The highest BCUT2D eigenvalue weighted by Crippen LogP contribution is 2.22. The number of hydrogen-bond donors (Lipinski definition) is 0. The average molecular weight is 372 g/mol. The highest BCUT2D eigenvalue weighted by atomic mass is 16.5. The lowest BCUT2D eigenvalue weighted by molar-refractivity contribution is -0.133. The molecule has 1 saturated heterocycles. The van der Waals surface area contributed by atoms with Gasteiger partial charge in [-0.15, -0.1) is 0 Å². The lowest BCUT2D eigenvalue weighted by Gasteiger charge is -2.34. The van der Waals surface area contributed by atoms with Gasteiger partial charge in [-0.2, -0.15) is 10.2 Å². The number of carbonyl (C=O) groups excluding carboxylic acids is 1. The quantitative estimate of drug-likeness (QED) is 0.778. The molecule has 2 aromatic rings. The highest BCUT2D eigenvalue weighted by Gasteiger charge is 2.25. The van der Waals surface area contributed by atoms with Crippen molar-refractivity contribution in [2.75, 3.05) is 32.8 Å². The largest absolute Gasteiger partial charge is 0.376 e. The maximum absolute atomic E-state index is 12.5. The first-order chi connectivity index (χ1) is 13.1. The molecule has 0 unspecified atom stereocenters. The zero-order chi connectivity index (χ0) is 18.8. The summed E-state index contributed by atoms with van der Waals surface area (Å²) in [6.45, 7) is 10.8. The Hall–Kier alpha value is -2.19. The van der Waals surface area contributed by atoms with E-state index in [9.17, 15) is 4.79 Å². The van der Waals surface area contributed by atoms with Crippen LogP contribution in [0.15, 0.2) is 12.3 Å². The first-order valence-electron chi connectivity index (χ1n) is 9.79. The van der Waals surface area contributed by atoms with Crippen molar-refractivity contribution in [2.24, 2.45) is 0 Å². The van der Waals surface area contributed by atoms with Crippen molar-refractivity contribution in [1.29, 1.82) is 0 Å². The smallest absolute Gasteiger partial charge is 0.244 e.